The summed E-state index contributed by atoms with van der Waals surface area (Å²) in [7, 11) is 3.31. The molecule has 1 aromatic heterocycles. The third-order valence-corrected chi connectivity index (χ3v) is 3.08. The van der Waals surface area contributed by atoms with Gasteiger partial charge in [0, 0.05) is 23.7 Å². The number of ether oxygens (including phenoxy) is 2. The van der Waals surface area contributed by atoms with Gasteiger partial charge in [-0.1, -0.05) is 0 Å². The van der Waals surface area contributed by atoms with E-state index in [1.807, 2.05) is 23.6 Å². The lowest BCUT2D eigenvalue weighted by Gasteiger charge is -2.10. The number of thiazole rings is 1. The summed E-state index contributed by atoms with van der Waals surface area (Å²) in [4.78, 5) is 4.16. The molecule has 0 radical (unpaired) electrons. The predicted molar refractivity (Wildman–Crippen MR) is 69.0 cm³/mol. The first-order valence-corrected chi connectivity index (χ1v) is 6.05. The average molecular weight is 250 g/mol. The molecule has 0 aliphatic carbocycles. The van der Waals surface area contributed by atoms with Crippen molar-refractivity contribution in [2.24, 2.45) is 0 Å². The minimum absolute atomic E-state index is 0.661. The van der Waals surface area contributed by atoms with Gasteiger partial charge in [0.15, 0.2) is 5.13 Å². The van der Waals surface area contributed by atoms with Gasteiger partial charge in [-0.25, -0.2) is 4.98 Å². The van der Waals surface area contributed by atoms with E-state index in [1.54, 1.807) is 31.8 Å². The van der Waals surface area contributed by atoms with Crippen molar-refractivity contribution in [1.82, 2.24) is 4.98 Å². The van der Waals surface area contributed by atoms with E-state index in [2.05, 4.69) is 10.3 Å². The van der Waals surface area contributed by atoms with Crippen LogP contribution in [0.2, 0.25) is 0 Å². The molecule has 0 aliphatic heterocycles. The average Bonchev–Trinajstić information content (AvgIpc) is 2.89. The highest BCUT2D eigenvalue weighted by Gasteiger charge is 2.05. The number of aromatic nitrogens is 1. The summed E-state index contributed by atoms with van der Waals surface area (Å²) in [5.41, 5.74) is 1.04. The molecule has 4 nitrogen and oxygen atoms in total. The first kappa shape index (κ1) is 11.7. The maximum Gasteiger partial charge on any atom is 0.182 e. The van der Waals surface area contributed by atoms with Gasteiger partial charge in [0.2, 0.25) is 0 Å². The number of nitrogens with one attached hydrogen (secondary N) is 1. The second kappa shape index (κ2) is 5.54. The topological polar surface area (TPSA) is 43.4 Å². The molecule has 1 heterocycles. The minimum atomic E-state index is 0.661. The number of nitrogens with zero attached hydrogens (tertiary/aromatic N) is 1. The van der Waals surface area contributed by atoms with Crippen molar-refractivity contribution in [3.05, 3.63) is 35.3 Å². The SMILES string of the molecule is COc1ccc(OC)c(CNc2nccs2)c1. The van der Waals surface area contributed by atoms with Crippen molar-refractivity contribution in [3.63, 3.8) is 0 Å². The number of hydrogen-bond donors (Lipinski definition) is 1. The predicted octanol–water partition coefficient (Wildman–Crippen LogP) is 2.77. The van der Waals surface area contributed by atoms with Crippen molar-refractivity contribution in [2.75, 3.05) is 19.5 Å². The third-order valence-electron chi connectivity index (χ3n) is 2.35. The van der Waals surface area contributed by atoms with E-state index in [9.17, 15) is 0 Å². The van der Waals surface area contributed by atoms with Crippen LogP contribution < -0.4 is 14.8 Å². The van der Waals surface area contributed by atoms with Gasteiger partial charge in [-0.05, 0) is 18.2 Å². The first-order chi connectivity index (χ1) is 8.33. The highest BCUT2D eigenvalue weighted by atomic mass is 32.1. The van der Waals surface area contributed by atoms with Crippen molar-refractivity contribution in [1.29, 1.82) is 0 Å². The van der Waals surface area contributed by atoms with Crippen LogP contribution in [-0.2, 0) is 6.54 Å². The number of rotatable bonds is 5. The van der Waals surface area contributed by atoms with Crippen LogP contribution in [-0.4, -0.2) is 19.2 Å². The van der Waals surface area contributed by atoms with Crippen molar-refractivity contribution in [3.8, 4) is 11.5 Å². The second-order valence-corrected chi connectivity index (χ2v) is 4.26. The molecule has 0 atom stereocenters. The standard InChI is InChI=1S/C12H14N2O2S/c1-15-10-3-4-11(16-2)9(7-10)8-14-12-13-5-6-17-12/h3-7H,8H2,1-2H3,(H,13,14). The van der Waals surface area contributed by atoms with Crippen LogP contribution in [0.15, 0.2) is 29.8 Å². The molecule has 17 heavy (non-hydrogen) atoms. The van der Waals surface area contributed by atoms with Gasteiger partial charge in [-0.2, -0.15) is 0 Å². The minimum Gasteiger partial charge on any atom is -0.497 e. The normalized spacial score (nSPS) is 10.0. The fraction of sp³-hybridized carbons (Fsp3) is 0.250. The monoisotopic (exact) mass is 250 g/mol. The van der Waals surface area contributed by atoms with Crippen molar-refractivity contribution >= 4 is 16.5 Å². The van der Waals surface area contributed by atoms with Gasteiger partial charge in [0.1, 0.15) is 11.5 Å². The molecule has 0 fully saturated rings. The lowest BCUT2D eigenvalue weighted by Crippen LogP contribution is -2.01. The van der Waals surface area contributed by atoms with E-state index in [1.165, 1.54) is 0 Å². The van der Waals surface area contributed by atoms with Gasteiger partial charge >= 0.3 is 0 Å². The van der Waals surface area contributed by atoms with Crippen LogP contribution in [0.4, 0.5) is 5.13 Å². The zero-order chi connectivity index (χ0) is 12.1. The zero-order valence-corrected chi connectivity index (χ0v) is 10.6. The molecule has 0 saturated heterocycles. The summed E-state index contributed by atoms with van der Waals surface area (Å²) in [6, 6.07) is 5.74. The lowest BCUT2D eigenvalue weighted by atomic mass is 10.2. The Bertz CT molecular complexity index is 471. The van der Waals surface area contributed by atoms with Crippen molar-refractivity contribution < 1.29 is 9.47 Å². The maximum absolute atomic E-state index is 5.30. The summed E-state index contributed by atoms with van der Waals surface area (Å²) in [6.07, 6.45) is 1.77. The molecule has 0 aliphatic rings. The summed E-state index contributed by atoms with van der Waals surface area (Å²) in [5, 5.41) is 6.07. The fourth-order valence-electron chi connectivity index (χ4n) is 1.50. The smallest absolute Gasteiger partial charge is 0.182 e. The van der Waals surface area contributed by atoms with Crippen LogP contribution >= 0.6 is 11.3 Å². The molecule has 5 heteroatoms. The van der Waals surface area contributed by atoms with E-state index >= 15 is 0 Å². The number of hydrogen-bond acceptors (Lipinski definition) is 5. The Kier molecular flexibility index (Phi) is 3.82. The summed E-state index contributed by atoms with van der Waals surface area (Å²) < 4.78 is 10.5. The molecule has 0 unspecified atom stereocenters. The molecular formula is C12H14N2O2S. The van der Waals surface area contributed by atoms with E-state index in [4.69, 9.17) is 9.47 Å². The Labute approximate surface area is 104 Å². The first-order valence-electron chi connectivity index (χ1n) is 5.17. The molecule has 2 aromatic rings. The van der Waals surface area contributed by atoms with E-state index < -0.39 is 0 Å². The molecule has 2 rings (SSSR count). The Morgan fingerprint density at radius 2 is 2.18 bits per heavy atom. The number of benzene rings is 1. The molecule has 0 spiro atoms. The van der Waals surface area contributed by atoms with Gasteiger partial charge in [-0.15, -0.1) is 11.3 Å². The lowest BCUT2D eigenvalue weighted by molar-refractivity contribution is 0.399. The molecule has 90 valence electrons. The Balaban J connectivity index is 2.12. The Hall–Kier alpha value is -1.75. The maximum atomic E-state index is 5.30. The zero-order valence-electron chi connectivity index (χ0n) is 9.77. The van der Waals surface area contributed by atoms with Crippen molar-refractivity contribution in [2.45, 2.75) is 6.54 Å². The highest BCUT2D eigenvalue weighted by molar-refractivity contribution is 7.13. The molecule has 0 bridgehead atoms. The van der Waals surface area contributed by atoms with Gasteiger partial charge in [0.05, 0.1) is 14.2 Å². The summed E-state index contributed by atoms with van der Waals surface area (Å²) in [6.45, 7) is 0.661. The molecule has 1 aromatic carbocycles. The summed E-state index contributed by atoms with van der Waals surface area (Å²) >= 11 is 1.57. The molecule has 1 N–H and O–H groups in total. The van der Waals surface area contributed by atoms with E-state index in [0.717, 1.165) is 22.2 Å². The molecule has 0 saturated carbocycles. The highest BCUT2D eigenvalue weighted by Crippen LogP contribution is 2.25. The molecule has 0 amide bonds. The fourth-order valence-corrected chi connectivity index (χ4v) is 2.03. The van der Waals surface area contributed by atoms with Crippen LogP contribution in [0.5, 0.6) is 11.5 Å². The van der Waals surface area contributed by atoms with Gasteiger partial charge in [-0.3, -0.25) is 0 Å². The third kappa shape index (κ3) is 2.88. The quantitative estimate of drug-likeness (QED) is 0.886. The van der Waals surface area contributed by atoms with Crippen LogP contribution in [0, 0.1) is 0 Å². The Morgan fingerprint density at radius 3 is 2.82 bits per heavy atom. The second-order valence-electron chi connectivity index (χ2n) is 3.37. The van der Waals surface area contributed by atoms with Gasteiger partial charge < -0.3 is 14.8 Å². The molecular weight excluding hydrogens is 236 g/mol. The number of methoxy groups -OCH3 is 2. The Morgan fingerprint density at radius 1 is 1.29 bits per heavy atom. The van der Waals surface area contributed by atoms with Crippen LogP contribution in [0.3, 0.4) is 0 Å². The van der Waals surface area contributed by atoms with Gasteiger partial charge in [0.25, 0.3) is 0 Å². The number of anilines is 1. The summed E-state index contributed by atoms with van der Waals surface area (Å²) in [5.74, 6) is 1.66. The van der Waals surface area contributed by atoms with E-state index in [0.29, 0.717) is 6.54 Å². The van der Waals surface area contributed by atoms with Crippen LogP contribution in [0.1, 0.15) is 5.56 Å². The largest absolute Gasteiger partial charge is 0.497 e. The van der Waals surface area contributed by atoms with E-state index in [-0.39, 0.29) is 0 Å². The van der Waals surface area contributed by atoms with Crippen LogP contribution in [0.25, 0.3) is 0 Å².